The van der Waals surface area contributed by atoms with Gasteiger partial charge in [0.1, 0.15) is 9.71 Å². The molecule has 1 amide bonds. The lowest BCUT2D eigenvalue weighted by molar-refractivity contribution is -0.137. The molecule has 1 N–H and O–H groups in total. The second-order valence-electron chi connectivity index (χ2n) is 9.00. The van der Waals surface area contributed by atoms with Crippen LogP contribution in [0.2, 0.25) is 0 Å². The number of alkyl halides is 6. The molecule has 1 fully saturated rings. The number of carbonyl (C=O) groups excluding carboxylic acids is 1. The molecule has 0 atom stereocenters. The molecule has 1 aliphatic rings. The summed E-state index contributed by atoms with van der Waals surface area (Å²) in [4.78, 5) is 39.2. The van der Waals surface area contributed by atoms with Crippen molar-refractivity contribution in [3.8, 4) is 0 Å². The number of hydrogen-bond donors (Lipinski definition) is 1. The average Bonchev–Trinajstić information content (AvgIpc) is 3.25. The molecule has 3 heterocycles. The van der Waals surface area contributed by atoms with Crippen LogP contribution in [0.15, 0.2) is 39.9 Å². The van der Waals surface area contributed by atoms with Crippen LogP contribution < -0.4 is 11.2 Å². The number of fused-ring (bicyclic) bond motifs is 1. The number of rotatable bonds is 6. The number of likely N-dealkylation sites (tertiary alicyclic amines) is 1. The van der Waals surface area contributed by atoms with Crippen molar-refractivity contribution < 1.29 is 36.2 Å². The summed E-state index contributed by atoms with van der Waals surface area (Å²) in [6, 6.07) is 8.42. The summed E-state index contributed by atoms with van der Waals surface area (Å²) >= 11 is 0.191. The number of piperidine rings is 1. The van der Waals surface area contributed by atoms with Gasteiger partial charge in [-0.2, -0.15) is 26.3 Å². The summed E-state index contributed by atoms with van der Waals surface area (Å²) in [5.41, 5.74) is -3.41. The van der Waals surface area contributed by atoms with Gasteiger partial charge in [0.05, 0.1) is 23.5 Å². The number of carbonyl (C=O) groups is 1. The molecule has 0 bridgehead atoms. The molecule has 0 unspecified atom stereocenters. The van der Waals surface area contributed by atoms with Crippen LogP contribution in [0, 0.1) is 0 Å². The van der Waals surface area contributed by atoms with E-state index in [-0.39, 0.29) is 50.2 Å². The quantitative estimate of drug-likeness (QED) is 0.459. The third-order valence-electron chi connectivity index (χ3n) is 6.37. The van der Waals surface area contributed by atoms with Crippen molar-refractivity contribution in [1.29, 1.82) is 0 Å². The van der Waals surface area contributed by atoms with E-state index < -0.39 is 69.2 Å². The molecule has 1 saturated heterocycles. The minimum atomic E-state index is -5.21. The maximum atomic E-state index is 14.4. The second kappa shape index (κ2) is 10.6. The van der Waals surface area contributed by atoms with E-state index in [2.05, 4.69) is 0 Å². The summed E-state index contributed by atoms with van der Waals surface area (Å²) in [7, 11) is 0. The van der Waals surface area contributed by atoms with Gasteiger partial charge in [-0.15, -0.1) is 11.3 Å². The van der Waals surface area contributed by atoms with Crippen LogP contribution in [-0.2, 0) is 25.7 Å². The van der Waals surface area contributed by atoms with Crippen LogP contribution in [0.25, 0.3) is 10.2 Å². The lowest BCUT2D eigenvalue weighted by Gasteiger charge is -2.29. The van der Waals surface area contributed by atoms with Gasteiger partial charge >= 0.3 is 18.0 Å². The lowest BCUT2D eigenvalue weighted by Crippen LogP contribution is -2.41. The fourth-order valence-corrected chi connectivity index (χ4v) is 5.71. The highest BCUT2D eigenvalue weighted by Crippen LogP contribution is 2.41. The van der Waals surface area contributed by atoms with Crippen LogP contribution in [0.5, 0.6) is 0 Å². The molecule has 4 rings (SSSR count). The number of amides is 1. The Morgan fingerprint density at radius 2 is 1.61 bits per heavy atom. The number of aliphatic hydroxyl groups is 1. The first-order valence-corrected chi connectivity index (χ1v) is 12.5. The molecular weight excluding hydrogens is 540 g/mol. The molecule has 0 radical (unpaired) electrons. The highest BCUT2D eigenvalue weighted by molar-refractivity contribution is 7.20. The maximum absolute atomic E-state index is 14.4. The molecule has 14 heteroatoms. The summed E-state index contributed by atoms with van der Waals surface area (Å²) < 4.78 is 83.2. The Hall–Kier alpha value is -3.13. The van der Waals surface area contributed by atoms with E-state index in [0.29, 0.717) is 14.7 Å². The summed E-state index contributed by atoms with van der Waals surface area (Å²) in [5.74, 6) is -1.06. The maximum Gasteiger partial charge on any atom is 0.418 e. The Kier molecular flexibility index (Phi) is 7.75. The molecule has 38 heavy (non-hydrogen) atoms. The highest BCUT2D eigenvalue weighted by Gasteiger charge is 2.43. The van der Waals surface area contributed by atoms with Crippen LogP contribution in [0.1, 0.15) is 40.1 Å². The first-order chi connectivity index (χ1) is 17.8. The fourth-order valence-electron chi connectivity index (χ4n) is 4.41. The van der Waals surface area contributed by atoms with Gasteiger partial charge in [0, 0.05) is 26.2 Å². The number of aliphatic hydroxyl groups excluding tert-OH is 1. The van der Waals surface area contributed by atoms with Gasteiger partial charge in [-0.1, -0.05) is 30.3 Å². The standard InChI is InChI=1S/C24H23F6N3O4S/c25-23(26,27)9-13-33-21-16(19(35)32(22(33)37)12-6-14-4-2-1-3-5-14)17(24(28,29)30)18(38-21)20(36)31-10-7-15(34)8-11-31/h1-5,15,34H,6-13H2. The fraction of sp³-hybridized carbons (Fsp3) is 0.458. The molecule has 0 saturated carbocycles. The number of aromatic nitrogens is 2. The minimum Gasteiger partial charge on any atom is -0.393 e. The first-order valence-electron chi connectivity index (χ1n) is 11.7. The van der Waals surface area contributed by atoms with E-state index in [1.54, 1.807) is 30.3 Å². The van der Waals surface area contributed by atoms with Crippen molar-refractivity contribution in [2.45, 2.75) is 57.2 Å². The molecule has 0 aliphatic carbocycles. The molecular formula is C24H23F6N3O4S. The number of nitrogens with zero attached hydrogens (tertiary/aromatic N) is 3. The molecule has 1 aromatic carbocycles. The zero-order chi connectivity index (χ0) is 27.8. The predicted molar refractivity (Wildman–Crippen MR) is 127 cm³/mol. The van der Waals surface area contributed by atoms with Gasteiger partial charge in [0.25, 0.3) is 11.5 Å². The van der Waals surface area contributed by atoms with Crippen LogP contribution in [0.3, 0.4) is 0 Å². The number of aryl methyl sites for hydroxylation is 2. The zero-order valence-corrected chi connectivity index (χ0v) is 20.6. The summed E-state index contributed by atoms with van der Waals surface area (Å²) in [6.45, 7) is -1.46. The molecule has 1 aliphatic heterocycles. The summed E-state index contributed by atoms with van der Waals surface area (Å²) in [6.07, 6.45) is -11.8. The van der Waals surface area contributed by atoms with Gasteiger partial charge < -0.3 is 10.0 Å². The van der Waals surface area contributed by atoms with Crippen molar-refractivity contribution >= 4 is 27.5 Å². The van der Waals surface area contributed by atoms with Gasteiger partial charge in [0.2, 0.25) is 0 Å². The van der Waals surface area contributed by atoms with E-state index in [1.165, 1.54) is 0 Å². The average molecular weight is 564 g/mol. The molecule has 0 spiro atoms. The van der Waals surface area contributed by atoms with E-state index in [0.717, 1.165) is 4.90 Å². The Labute approximate surface area is 215 Å². The number of hydrogen-bond acceptors (Lipinski definition) is 5. The second-order valence-corrected chi connectivity index (χ2v) is 10.00. The molecule has 2 aromatic heterocycles. The van der Waals surface area contributed by atoms with Gasteiger partial charge in [0.15, 0.2) is 0 Å². The third-order valence-corrected chi connectivity index (χ3v) is 7.57. The van der Waals surface area contributed by atoms with Crippen LogP contribution >= 0.6 is 11.3 Å². The van der Waals surface area contributed by atoms with Crippen molar-refractivity contribution in [3.63, 3.8) is 0 Å². The van der Waals surface area contributed by atoms with E-state index in [9.17, 15) is 45.8 Å². The molecule has 7 nitrogen and oxygen atoms in total. The van der Waals surface area contributed by atoms with Crippen LogP contribution in [-0.4, -0.2) is 50.4 Å². The van der Waals surface area contributed by atoms with E-state index >= 15 is 0 Å². The normalized spacial score (nSPS) is 15.4. The zero-order valence-electron chi connectivity index (χ0n) is 19.8. The minimum absolute atomic E-state index is 0.0340. The topological polar surface area (TPSA) is 84.5 Å². The lowest BCUT2D eigenvalue weighted by atomic mass is 10.1. The van der Waals surface area contributed by atoms with Gasteiger partial charge in [-0.3, -0.25) is 18.7 Å². The third kappa shape index (κ3) is 5.80. The van der Waals surface area contributed by atoms with Gasteiger partial charge in [-0.25, -0.2) is 4.79 Å². The predicted octanol–water partition coefficient (Wildman–Crippen LogP) is 4.04. The highest BCUT2D eigenvalue weighted by atomic mass is 32.1. The molecule has 206 valence electrons. The van der Waals surface area contributed by atoms with Crippen molar-refractivity contribution in [2.75, 3.05) is 13.1 Å². The Morgan fingerprint density at radius 1 is 0.974 bits per heavy atom. The Morgan fingerprint density at radius 3 is 2.18 bits per heavy atom. The Balaban J connectivity index is 1.92. The van der Waals surface area contributed by atoms with Crippen LogP contribution in [0.4, 0.5) is 26.3 Å². The summed E-state index contributed by atoms with van der Waals surface area (Å²) in [5, 5.41) is 8.68. The van der Waals surface area contributed by atoms with Crippen molar-refractivity contribution in [3.05, 3.63) is 67.2 Å². The Bertz CT molecular complexity index is 1430. The van der Waals surface area contributed by atoms with Crippen molar-refractivity contribution in [1.82, 2.24) is 14.0 Å². The monoisotopic (exact) mass is 563 g/mol. The van der Waals surface area contributed by atoms with E-state index in [4.69, 9.17) is 0 Å². The first kappa shape index (κ1) is 27.9. The van der Waals surface area contributed by atoms with E-state index in [1.807, 2.05) is 0 Å². The SMILES string of the molecule is O=C(c1sc2c(c1C(F)(F)F)c(=O)n(CCc1ccccc1)c(=O)n2CCC(F)(F)F)N1CCC(O)CC1. The van der Waals surface area contributed by atoms with Crippen molar-refractivity contribution in [2.24, 2.45) is 0 Å². The number of halogens is 6. The number of benzene rings is 1. The van der Waals surface area contributed by atoms with Gasteiger partial charge in [-0.05, 0) is 24.8 Å². The number of thiophene rings is 1. The smallest absolute Gasteiger partial charge is 0.393 e. The molecule has 3 aromatic rings. The largest absolute Gasteiger partial charge is 0.418 e.